The topological polar surface area (TPSA) is 93.0 Å². The number of ether oxygens (including phenoxy) is 1. The Morgan fingerprint density at radius 1 is 1.09 bits per heavy atom. The minimum absolute atomic E-state index is 0.0978. The highest BCUT2D eigenvalue weighted by Gasteiger charge is 2.11. The second-order valence-electron chi connectivity index (χ2n) is 7.31. The number of carboxylic acids is 1. The lowest BCUT2D eigenvalue weighted by atomic mass is 10.1. The van der Waals surface area contributed by atoms with E-state index >= 15 is 0 Å². The molecule has 3 rings (SSSR count). The van der Waals surface area contributed by atoms with E-state index in [0.717, 1.165) is 23.0 Å². The molecule has 32 heavy (non-hydrogen) atoms. The number of aliphatic imine (C=N–C) groups is 1. The van der Waals surface area contributed by atoms with Crippen LogP contribution in [0.15, 0.2) is 58.9 Å². The fraction of sp³-hybridized carbons (Fsp3) is 0.200. The average molecular weight is 450 g/mol. The van der Waals surface area contributed by atoms with Crippen LogP contribution in [0.1, 0.15) is 49.4 Å². The van der Waals surface area contributed by atoms with Gasteiger partial charge in [-0.15, -0.1) is 11.3 Å². The Labute approximate surface area is 190 Å². The minimum Gasteiger partial charge on any atom is -0.478 e. The highest BCUT2D eigenvalue weighted by Crippen LogP contribution is 2.30. The molecule has 6 nitrogen and oxygen atoms in total. The van der Waals surface area contributed by atoms with E-state index in [9.17, 15) is 14.4 Å². The highest BCUT2D eigenvalue weighted by molar-refractivity contribution is 7.14. The Hall–Kier alpha value is -3.42. The van der Waals surface area contributed by atoms with Crippen LogP contribution in [0.3, 0.4) is 0 Å². The maximum absolute atomic E-state index is 12.2. The van der Waals surface area contributed by atoms with Crippen molar-refractivity contribution in [1.29, 1.82) is 0 Å². The number of aryl methyl sites for hydroxylation is 2. The van der Waals surface area contributed by atoms with Gasteiger partial charge in [-0.3, -0.25) is 9.59 Å². The van der Waals surface area contributed by atoms with E-state index in [4.69, 9.17) is 9.84 Å². The van der Waals surface area contributed by atoms with Crippen molar-refractivity contribution in [3.8, 4) is 0 Å². The molecule has 0 saturated carbocycles. The number of nitrogens with zero attached hydrogens (tertiary/aromatic N) is 1. The van der Waals surface area contributed by atoms with Crippen LogP contribution in [-0.2, 0) is 29.2 Å². The Kier molecular flexibility index (Phi) is 8.19. The molecule has 0 unspecified atom stereocenters. The van der Waals surface area contributed by atoms with Crippen LogP contribution in [0.2, 0.25) is 0 Å². The van der Waals surface area contributed by atoms with Gasteiger partial charge in [0.2, 0.25) is 0 Å². The summed E-state index contributed by atoms with van der Waals surface area (Å²) in [5, 5.41) is 11.2. The average Bonchev–Trinajstić information content (AvgIpc) is 3.18. The summed E-state index contributed by atoms with van der Waals surface area (Å²) in [5.74, 6) is -1.08. The van der Waals surface area contributed by atoms with Gasteiger partial charge >= 0.3 is 5.97 Å². The zero-order chi connectivity index (χ0) is 22.9. The first-order valence-electron chi connectivity index (χ1n) is 10.0. The quantitative estimate of drug-likeness (QED) is 0.321. The van der Waals surface area contributed by atoms with Gasteiger partial charge in [0.1, 0.15) is 5.00 Å². The molecule has 0 saturated heterocycles. The monoisotopic (exact) mass is 449 g/mol. The van der Waals surface area contributed by atoms with Crippen LogP contribution < -0.4 is 0 Å². The summed E-state index contributed by atoms with van der Waals surface area (Å²) < 4.78 is 5.67. The van der Waals surface area contributed by atoms with Gasteiger partial charge in [-0.1, -0.05) is 42.0 Å². The van der Waals surface area contributed by atoms with E-state index in [1.807, 2.05) is 25.1 Å². The number of aldehydes is 1. The van der Waals surface area contributed by atoms with E-state index in [1.54, 1.807) is 17.5 Å². The lowest BCUT2D eigenvalue weighted by Crippen LogP contribution is -2.01. The summed E-state index contributed by atoms with van der Waals surface area (Å²) in [6, 6.07) is 14.5. The molecule has 0 atom stereocenters. The number of thiophene rings is 1. The molecule has 164 valence electrons. The van der Waals surface area contributed by atoms with Crippen molar-refractivity contribution in [2.24, 2.45) is 4.99 Å². The number of rotatable bonds is 11. The SMILES string of the molecule is Cc1cccc(CCC(=O)C=Nc2scc(COCc3ccc(C(=O)O)cc3)c2C=O)c1. The van der Waals surface area contributed by atoms with Crippen molar-refractivity contribution >= 4 is 40.6 Å². The van der Waals surface area contributed by atoms with Crippen molar-refractivity contribution < 1.29 is 24.2 Å². The summed E-state index contributed by atoms with van der Waals surface area (Å²) in [7, 11) is 0. The highest BCUT2D eigenvalue weighted by atomic mass is 32.1. The van der Waals surface area contributed by atoms with E-state index in [0.29, 0.717) is 29.0 Å². The maximum Gasteiger partial charge on any atom is 0.335 e. The number of ketones is 1. The molecule has 0 aliphatic rings. The first kappa shape index (κ1) is 23.2. The number of carbonyl (C=O) groups excluding carboxylic acids is 2. The Morgan fingerprint density at radius 2 is 1.88 bits per heavy atom. The van der Waals surface area contributed by atoms with Crippen LogP contribution in [-0.4, -0.2) is 29.4 Å². The molecule has 3 aromatic rings. The molecule has 0 bridgehead atoms. The first-order valence-corrected chi connectivity index (χ1v) is 10.9. The predicted molar refractivity (Wildman–Crippen MR) is 124 cm³/mol. The van der Waals surface area contributed by atoms with Gasteiger partial charge in [0.15, 0.2) is 12.1 Å². The number of Topliss-reactive ketones (excluding diaryl/α,β-unsaturated/α-hetero) is 1. The third kappa shape index (κ3) is 6.54. The number of carbonyl (C=O) groups is 3. The summed E-state index contributed by atoms with van der Waals surface area (Å²) in [4.78, 5) is 38.9. The summed E-state index contributed by atoms with van der Waals surface area (Å²) in [6.07, 6.45) is 3.00. The smallest absolute Gasteiger partial charge is 0.335 e. The van der Waals surface area contributed by atoms with Gasteiger partial charge in [0, 0.05) is 12.0 Å². The van der Waals surface area contributed by atoms with Crippen LogP contribution in [0.25, 0.3) is 0 Å². The summed E-state index contributed by atoms with van der Waals surface area (Å²) in [5.41, 5.74) is 4.42. The molecule has 0 aliphatic heterocycles. The molecule has 2 aromatic carbocycles. The molecule has 1 N–H and O–H groups in total. The molecule has 7 heteroatoms. The zero-order valence-corrected chi connectivity index (χ0v) is 18.4. The lowest BCUT2D eigenvalue weighted by molar-refractivity contribution is -0.112. The number of benzene rings is 2. The van der Waals surface area contributed by atoms with Gasteiger partial charge in [0.05, 0.1) is 30.6 Å². The van der Waals surface area contributed by atoms with Gasteiger partial charge in [-0.25, -0.2) is 9.79 Å². The zero-order valence-electron chi connectivity index (χ0n) is 17.6. The van der Waals surface area contributed by atoms with Gasteiger partial charge in [-0.2, -0.15) is 0 Å². The maximum atomic E-state index is 12.2. The van der Waals surface area contributed by atoms with E-state index in [2.05, 4.69) is 11.1 Å². The second-order valence-corrected chi connectivity index (χ2v) is 8.16. The van der Waals surface area contributed by atoms with Crippen molar-refractivity contribution in [3.63, 3.8) is 0 Å². The van der Waals surface area contributed by atoms with Crippen LogP contribution in [0, 0.1) is 6.92 Å². The van der Waals surface area contributed by atoms with Gasteiger partial charge in [-0.05, 0) is 42.0 Å². The van der Waals surface area contributed by atoms with Crippen LogP contribution >= 0.6 is 11.3 Å². The second kappa shape index (κ2) is 11.3. The third-order valence-electron chi connectivity index (χ3n) is 4.80. The van der Waals surface area contributed by atoms with E-state index < -0.39 is 5.97 Å². The normalized spacial score (nSPS) is 11.0. The molecular formula is C25H23NO5S. The number of aromatic carboxylic acids is 1. The molecule has 0 radical (unpaired) electrons. The molecule has 0 spiro atoms. The molecular weight excluding hydrogens is 426 g/mol. The number of hydrogen-bond donors (Lipinski definition) is 1. The van der Waals surface area contributed by atoms with Gasteiger partial charge < -0.3 is 9.84 Å². The number of carboxylic acid groups (broad SMARTS) is 1. The minimum atomic E-state index is -0.979. The summed E-state index contributed by atoms with van der Waals surface area (Å²) >= 11 is 1.28. The van der Waals surface area contributed by atoms with Crippen LogP contribution in [0.5, 0.6) is 0 Å². The molecule has 0 fully saturated rings. The summed E-state index contributed by atoms with van der Waals surface area (Å²) in [6.45, 7) is 2.51. The standard InChI is InChI=1S/C25H23NO5S/c1-17-3-2-4-18(11-17)7-10-22(28)12-26-24-23(13-27)21(16-32-24)15-31-14-19-5-8-20(9-6-19)25(29)30/h2-6,8-9,11-13,16H,7,10,14-15H2,1H3,(H,29,30). The third-order valence-corrected chi connectivity index (χ3v) is 5.75. The van der Waals surface area contributed by atoms with Crippen molar-refractivity contribution in [3.05, 3.63) is 87.3 Å². The van der Waals surface area contributed by atoms with E-state index in [1.165, 1.54) is 29.7 Å². The predicted octanol–water partition coefficient (Wildman–Crippen LogP) is 5.19. The Morgan fingerprint density at radius 3 is 2.56 bits per heavy atom. The van der Waals surface area contributed by atoms with Crippen molar-refractivity contribution in [2.75, 3.05) is 0 Å². The lowest BCUT2D eigenvalue weighted by Gasteiger charge is -2.04. The molecule has 0 amide bonds. The first-order chi connectivity index (χ1) is 15.5. The molecule has 1 heterocycles. The fourth-order valence-corrected chi connectivity index (χ4v) is 3.95. The molecule has 1 aromatic heterocycles. The van der Waals surface area contributed by atoms with E-state index in [-0.39, 0.29) is 24.6 Å². The van der Waals surface area contributed by atoms with Crippen LogP contribution in [0.4, 0.5) is 5.00 Å². The largest absolute Gasteiger partial charge is 0.478 e. The number of hydrogen-bond acceptors (Lipinski definition) is 6. The Balaban J connectivity index is 1.53. The van der Waals surface area contributed by atoms with Crippen molar-refractivity contribution in [2.45, 2.75) is 33.0 Å². The van der Waals surface area contributed by atoms with Crippen molar-refractivity contribution in [1.82, 2.24) is 0 Å². The van der Waals surface area contributed by atoms with Gasteiger partial charge in [0.25, 0.3) is 0 Å². The molecule has 0 aliphatic carbocycles. The fourth-order valence-electron chi connectivity index (χ4n) is 3.08. The Bertz CT molecular complexity index is 1130.